The lowest BCUT2D eigenvalue weighted by Crippen LogP contribution is -2.49. The molecule has 0 radical (unpaired) electrons. The topological polar surface area (TPSA) is 3.24 Å². The van der Waals surface area contributed by atoms with Crippen LogP contribution in [-0.4, -0.2) is 24.5 Å². The summed E-state index contributed by atoms with van der Waals surface area (Å²) in [4.78, 5) is 2.41. The van der Waals surface area contributed by atoms with Crippen LogP contribution < -0.4 is 0 Å². The molecular formula is C18H27Cl2N. The minimum absolute atomic E-state index is 0.239. The van der Waals surface area contributed by atoms with E-state index in [4.69, 9.17) is 23.2 Å². The van der Waals surface area contributed by atoms with E-state index < -0.39 is 0 Å². The molecule has 0 spiro atoms. The highest BCUT2D eigenvalue weighted by Crippen LogP contribution is 2.41. The summed E-state index contributed by atoms with van der Waals surface area (Å²) in [5.74, 6) is 1.67. The van der Waals surface area contributed by atoms with E-state index in [1.165, 1.54) is 31.2 Å². The molecule has 1 nitrogen and oxygen atoms in total. The fraction of sp³-hybridized carbons (Fsp3) is 0.667. The van der Waals surface area contributed by atoms with E-state index in [-0.39, 0.29) is 5.54 Å². The number of hydrogen-bond acceptors (Lipinski definition) is 1. The minimum atomic E-state index is 0.239. The molecule has 0 heterocycles. The predicted molar refractivity (Wildman–Crippen MR) is 93.4 cm³/mol. The molecule has 1 aliphatic rings. The zero-order chi connectivity index (χ0) is 15.6. The third-order valence-electron chi connectivity index (χ3n) is 5.39. The molecule has 0 N–H and O–H groups in total. The molecule has 1 saturated carbocycles. The molecule has 21 heavy (non-hydrogen) atoms. The van der Waals surface area contributed by atoms with Crippen LogP contribution >= 0.6 is 23.2 Å². The zero-order valence-corrected chi connectivity index (χ0v) is 15.1. The van der Waals surface area contributed by atoms with Crippen LogP contribution in [0.1, 0.15) is 45.1 Å². The maximum absolute atomic E-state index is 6.39. The van der Waals surface area contributed by atoms with Crippen molar-refractivity contribution in [2.45, 2.75) is 51.5 Å². The van der Waals surface area contributed by atoms with Gasteiger partial charge in [-0.05, 0) is 75.7 Å². The van der Waals surface area contributed by atoms with Crippen LogP contribution in [0.5, 0.6) is 0 Å². The molecule has 0 saturated heterocycles. The summed E-state index contributed by atoms with van der Waals surface area (Å²) in [6.45, 7) is 4.70. The molecule has 0 bridgehead atoms. The number of hydrogen-bond donors (Lipinski definition) is 0. The fourth-order valence-corrected chi connectivity index (χ4v) is 4.12. The lowest BCUT2D eigenvalue weighted by atomic mass is 9.70. The van der Waals surface area contributed by atoms with E-state index >= 15 is 0 Å². The Bertz CT molecular complexity index is 474. The molecule has 3 heteroatoms. The number of rotatable bonds is 4. The minimum Gasteiger partial charge on any atom is -0.303 e. The van der Waals surface area contributed by atoms with E-state index in [0.717, 1.165) is 23.3 Å². The van der Waals surface area contributed by atoms with Gasteiger partial charge in [0.05, 0.1) is 0 Å². The van der Waals surface area contributed by atoms with Crippen molar-refractivity contribution in [3.63, 3.8) is 0 Å². The molecule has 0 aliphatic heterocycles. The molecule has 1 aromatic rings. The average molecular weight is 328 g/mol. The molecule has 1 aliphatic carbocycles. The van der Waals surface area contributed by atoms with Gasteiger partial charge in [-0.15, -0.1) is 0 Å². The number of likely N-dealkylation sites (N-methyl/N-ethyl adjacent to an activating group) is 1. The van der Waals surface area contributed by atoms with Gasteiger partial charge in [-0.1, -0.05) is 43.1 Å². The van der Waals surface area contributed by atoms with Crippen LogP contribution in [-0.2, 0) is 6.42 Å². The SMILES string of the molecule is CC(C)C1CCC(Cc2ccc(Cl)cc2Cl)(N(C)C)CC1. The average Bonchev–Trinajstić information content (AvgIpc) is 2.42. The summed E-state index contributed by atoms with van der Waals surface area (Å²) in [6, 6.07) is 5.90. The Morgan fingerprint density at radius 1 is 1.19 bits per heavy atom. The van der Waals surface area contributed by atoms with Crippen molar-refractivity contribution in [3.8, 4) is 0 Å². The van der Waals surface area contributed by atoms with Crippen molar-refractivity contribution in [2.24, 2.45) is 11.8 Å². The van der Waals surface area contributed by atoms with Crippen molar-refractivity contribution in [1.29, 1.82) is 0 Å². The van der Waals surface area contributed by atoms with Gasteiger partial charge in [-0.3, -0.25) is 0 Å². The Morgan fingerprint density at radius 3 is 2.29 bits per heavy atom. The van der Waals surface area contributed by atoms with Gasteiger partial charge >= 0.3 is 0 Å². The highest BCUT2D eigenvalue weighted by molar-refractivity contribution is 6.35. The smallest absolute Gasteiger partial charge is 0.0453 e. The second-order valence-electron chi connectivity index (χ2n) is 7.11. The van der Waals surface area contributed by atoms with Gasteiger partial charge in [-0.25, -0.2) is 0 Å². The van der Waals surface area contributed by atoms with Crippen LogP contribution in [0.3, 0.4) is 0 Å². The summed E-state index contributed by atoms with van der Waals surface area (Å²) in [5, 5.41) is 1.51. The highest BCUT2D eigenvalue weighted by atomic mass is 35.5. The van der Waals surface area contributed by atoms with Crippen LogP contribution in [0.4, 0.5) is 0 Å². The van der Waals surface area contributed by atoms with Crippen LogP contribution in [0.15, 0.2) is 18.2 Å². The summed E-state index contributed by atoms with van der Waals surface area (Å²) in [7, 11) is 4.42. The van der Waals surface area contributed by atoms with Gasteiger partial charge in [0, 0.05) is 15.6 Å². The zero-order valence-electron chi connectivity index (χ0n) is 13.6. The van der Waals surface area contributed by atoms with E-state index in [9.17, 15) is 0 Å². The second-order valence-corrected chi connectivity index (χ2v) is 7.96. The molecule has 0 aromatic heterocycles. The van der Waals surface area contributed by atoms with E-state index in [1.807, 2.05) is 12.1 Å². The lowest BCUT2D eigenvalue weighted by Gasteiger charge is -2.46. The second kappa shape index (κ2) is 6.89. The van der Waals surface area contributed by atoms with Crippen molar-refractivity contribution >= 4 is 23.2 Å². The van der Waals surface area contributed by atoms with Crippen LogP contribution in [0.25, 0.3) is 0 Å². The first-order valence-electron chi connectivity index (χ1n) is 7.95. The molecule has 1 aromatic carbocycles. The van der Waals surface area contributed by atoms with Crippen molar-refractivity contribution in [3.05, 3.63) is 33.8 Å². The fourth-order valence-electron chi connectivity index (χ4n) is 3.65. The van der Waals surface area contributed by atoms with Gasteiger partial charge in [-0.2, -0.15) is 0 Å². The summed E-state index contributed by atoms with van der Waals surface area (Å²) < 4.78 is 0. The molecular weight excluding hydrogens is 301 g/mol. The Balaban J connectivity index is 2.17. The van der Waals surface area contributed by atoms with Crippen LogP contribution in [0.2, 0.25) is 10.0 Å². The van der Waals surface area contributed by atoms with E-state index in [2.05, 4.69) is 38.9 Å². The first-order chi connectivity index (χ1) is 9.84. The van der Waals surface area contributed by atoms with E-state index in [0.29, 0.717) is 5.02 Å². The van der Waals surface area contributed by atoms with Crippen molar-refractivity contribution in [2.75, 3.05) is 14.1 Å². The number of benzene rings is 1. The molecule has 2 rings (SSSR count). The summed E-state index contributed by atoms with van der Waals surface area (Å²) in [5.41, 5.74) is 1.46. The molecule has 118 valence electrons. The summed E-state index contributed by atoms with van der Waals surface area (Å²) >= 11 is 12.4. The van der Waals surface area contributed by atoms with Crippen molar-refractivity contribution < 1.29 is 0 Å². The number of halogens is 2. The first kappa shape index (κ1) is 17.1. The maximum Gasteiger partial charge on any atom is 0.0453 e. The van der Waals surface area contributed by atoms with Gasteiger partial charge in [0.1, 0.15) is 0 Å². The standard InChI is InChI=1S/C18H27Cl2N/c1-13(2)14-7-9-18(10-8-14,21(3)4)12-15-5-6-16(19)11-17(15)20/h5-6,11,13-14H,7-10,12H2,1-4H3. The van der Waals surface area contributed by atoms with Gasteiger partial charge in [0.2, 0.25) is 0 Å². The third-order valence-corrected chi connectivity index (χ3v) is 5.97. The Labute approximate surface area is 139 Å². The normalized spacial score (nSPS) is 26.6. The molecule has 0 atom stereocenters. The highest BCUT2D eigenvalue weighted by Gasteiger charge is 2.38. The van der Waals surface area contributed by atoms with Gasteiger partial charge in [0.25, 0.3) is 0 Å². The molecule has 0 amide bonds. The van der Waals surface area contributed by atoms with Crippen LogP contribution in [0, 0.1) is 11.8 Å². The van der Waals surface area contributed by atoms with Gasteiger partial charge < -0.3 is 4.90 Å². The molecule has 1 fully saturated rings. The van der Waals surface area contributed by atoms with Gasteiger partial charge in [0.15, 0.2) is 0 Å². The largest absolute Gasteiger partial charge is 0.303 e. The Kier molecular flexibility index (Phi) is 5.62. The quantitative estimate of drug-likeness (QED) is 0.687. The Hall–Kier alpha value is -0.240. The third kappa shape index (κ3) is 3.94. The predicted octanol–water partition coefficient (Wildman–Crippen LogP) is 5.68. The summed E-state index contributed by atoms with van der Waals surface area (Å²) in [6.07, 6.45) is 6.16. The first-order valence-corrected chi connectivity index (χ1v) is 8.71. The number of nitrogens with zero attached hydrogens (tertiary/aromatic N) is 1. The molecule has 0 unspecified atom stereocenters. The maximum atomic E-state index is 6.39. The lowest BCUT2D eigenvalue weighted by molar-refractivity contribution is 0.0683. The van der Waals surface area contributed by atoms with E-state index in [1.54, 1.807) is 0 Å². The Morgan fingerprint density at radius 2 is 1.81 bits per heavy atom. The monoisotopic (exact) mass is 327 g/mol. The van der Waals surface area contributed by atoms with Crippen molar-refractivity contribution in [1.82, 2.24) is 4.90 Å².